The van der Waals surface area contributed by atoms with Crippen LogP contribution in [0.2, 0.25) is 0 Å². The van der Waals surface area contributed by atoms with Crippen LogP contribution in [0.15, 0.2) is 127 Å². The van der Waals surface area contributed by atoms with Gasteiger partial charge < -0.3 is 50.6 Å². The van der Waals surface area contributed by atoms with Crippen LogP contribution in [0.4, 0.5) is 26.7 Å². The van der Waals surface area contributed by atoms with Gasteiger partial charge >= 0.3 is 24.0 Å². The molecule has 6 N–H and O–H groups in total. The summed E-state index contributed by atoms with van der Waals surface area (Å²) in [6, 6.07) is 30.5. The number of rotatable bonds is 13. The fourth-order valence-electron chi connectivity index (χ4n) is 10.8. The molecular weight excluding hydrogens is 947 g/mol. The number of primary amides is 1. The highest BCUT2D eigenvalue weighted by Crippen LogP contribution is 2.66. The van der Waals surface area contributed by atoms with Crippen molar-refractivity contribution in [1.29, 1.82) is 0 Å². The summed E-state index contributed by atoms with van der Waals surface area (Å²) in [5.74, 6) is 0.692. The molecule has 18 nitrogen and oxygen atoms in total. The third-order valence-electron chi connectivity index (χ3n) is 14.0. The summed E-state index contributed by atoms with van der Waals surface area (Å²) in [5, 5.41) is 18.4. The molecule has 7 atom stereocenters. The summed E-state index contributed by atoms with van der Waals surface area (Å²) >= 11 is 0. The van der Waals surface area contributed by atoms with Gasteiger partial charge in [-0.3, -0.25) is 19.3 Å². The number of morpholine rings is 2. The number of hydrogen-bond acceptors (Lipinski definition) is 13. The van der Waals surface area contributed by atoms with E-state index in [1.54, 1.807) is 62.4 Å². The topological polar surface area (TPSA) is 231 Å². The Bertz CT molecular complexity index is 2980. The first-order valence-electron chi connectivity index (χ1n) is 24.4. The third kappa shape index (κ3) is 9.48. The molecule has 4 aliphatic rings. The Hall–Kier alpha value is -8.24. The number of nitrogens with one attached hydrogen (secondary N) is 3. The number of para-hydroxylation sites is 1. The predicted molar refractivity (Wildman–Crippen MR) is 273 cm³/mol. The monoisotopic (exact) mass is 1000 g/mol. The first-order valence-corrected chi connectivity index (χ1v) is 24.4. The smallest absolute Gasteiger partial charge is 0.329 e. The van der Waals surface area contributed by atoms with E-state index in [1.165, 1.54) is 13.2 Å². The van der Waals surface area contributed by atoms with Crippen LogP contribution in [-0.2, 0) is 38.8 Å². The van der Waals surface area contributed by atoms with Crippen molar-refractivity contribution in [1.82, 2.24) is 15.5 Å². The normalized spacial score (nSPS) is 22.4. The number of methoxy groups -OCH3 is 1. The Morgan fingerprint density at radius 2 is 1.54 bits per heavy atom. The molecule has 0 bridgehead atoms. The number of fused-ring (bicyclic) bond motifs is 3. The molecule has 74 heavy (non-hydrogen) atoms. The summed E-state index contributed by atoms with van der Waals surface area (Å²) in [7, 11) is 1.19. The molecule has 0 unspecified atom stereocenters. The number of benzene rings is 5. The van der Waals surface area contributed by atoms with Crippen molar-refractivity contribution in [3.8, 4) is 17.6 Å². The molecule has 1 spiro atoms. The van der Waals surface area contributed by atoms with Gasteiger partial charge in [0.05, 0.1) is 57.2 Å². The quantitative estimate of drug-likeness (QED) is 0.0763. The lowest BCUT2D eigenvalue weighted by Gasteiger charge is -2.46. The SMILES string of the molecule is COC(=O)[C@@H](NC(=O)N1C(=O)[C@@]2(c3cc(C#CCNC(N)=O)ccc31)[C@H](C(=O)Nc1ccc(N3CCOCC3)cc1)[C@H]1C(=O)O[C@H](c3ccccc3)[C@H](c3ccccc3)N1[C@@H]2c1ccccc1OCCO)C(C)C. The van der Waals surface area contributed by atoms with E-state index < -0.39 is 83.3 Å². The Balaban J connectivity index is 1.34. The number of aliphatic hydroxyl groups is 1. The molecule has 9 rings (SSSR count). The van der Waals surface area contributed by atoms with Gasteiger partial charge in [-0.25, -0.2) is 19.3 Å². The zero-order valence-electron chi connectivity index (χ0n) is 41.1. The van der Waals surface area contributed by atoms with Gasteiger partial charge in [0.2, 0.25) is 11.8 Å². The molecule has 5 aromatic carbocycles. The molecule has 3 fully saturated rings. The lowest BCUT2D eigenvalue weighted by Crippen LogP contribution is -2.57. The maximum absolute atomic E-state index is 16.8. The molecule has 0 aliphatic carbocycles. The minimum absolute atomic E-state index is 0.0381. The van der Waals surface area contributed by atoms with E-state index in [0.29, 0.717) is 54.2 Å². The number of carbonyl (C=O) groups excluding carboxylic acids is 6. The second-order valence-electron chi connectivity index (χ2n) is 18.6. The average Bonchev–Trinajstić information content (AvgIpc) is 3.90. The molecular formula is C56H57N7O11. The molecule has 6 amide bonds. The standard InChI is InChI=1S/C56H57N7O11/c1-34(2)45(51(66)71-3)60-55(70)62-42-25-20-35(13-12-26-58-54(57)69)33-41(42)56(53(62)68)44(50(65)59-38-21-23-39(24-22-38)61-27-30-72-31-28-61)47-52(67)74-48(37-16-8-5-9-17-37)46(36-14-6-4-7-15-36)63(47)49(56)40-18-10-11-19-43(40)73-32-29-64/h4-11,14-25,33-34,44-49,64H,26-32H2,1-3H3,(H,59,65)(H,60,70)(H3,57,58,69)/t44-,45-,46-,47-,48+,49+,56-/m0/s1. The highest BCUT2D eigenvalue weighted by molar-refractivity contribution is 6.25. The third-order valence-corrected chi connectivity index (χ3v) is 14.0. The number of nitrogens with two attached hydrogens (primary N) is 1. The number of imide groups is 1. The molecule has 4 aliphatic heterocycles. The van der Waals surface area contributed by atoms with Crippen molar-refractivity contribution in [2.45, 2.75) is 49.5 Å². The van der Waals surface area contributed by atoms with Crippen LogP contribution < -0.4 is 36.2 Å². The van der Waals surface area contributed by atoms with Gasteiger partial charge in [0.15, 0.2) is 0 Å². The fourth-order valence-corrected chi connectivity index (χ4v) is 10.8. The van der Waals surface area contributed by atoms with Crippen LogP contribution in [0.1, 0.15) is 59.9 Å². The first kappa shape index (κ1) is 50.7. The second-order valence-corrected chi connectivity index (χ2v) is 18.6. The van der Waals surface area contributed by atoms with Crippen molar-refractivity contribution >= 4 is 52.9 Å². The van der Waals surface area contributed by atoms with E-state index in [0.717, 1.165) is 10.6 Å². The van der Waals surface area contributed by atoms with Gasteiger partial charge in [-0.05, 0) is 71.1 Å². The largest absolute Gasteiger partial charge is 0.491 e. The summed E-state index contributed by atoms with van der Waals surface area (Å²) in [6.45, 7) is 5.21. The van der Waals surface area contributed by atoms with Crippen LogP contribution >= 0.6 is 0 Å². The fraction of sp³-hybridized carbons (Fsp3) is 0.321. The lowest BCUT2D eigenvalue weighted by atomic mass is 9.65. The number of hydrogen-bond donors (Lipinski definition) is 5. The minimum Gasteiger partial charge on any atom is -0.491 e. The molecule has 382 valence electrons. The Labute approximate surface area is 428 Å². The van der Waals surface area contributed by atoms with E-state index in [-0.39, 0.29) is 36.8 Å². The summed E-state index contributed by atoms with van der Waals surface area (Å²) in [6.07, 6.45) is -1.01. The van der Waals surface area contributed by atoms with Crippen LogP contribution in [0.5, 0.6) is 5.75 Å². The number of ether oxygens (including phenoxy) is 4. The van der Waals surface area contributed by atoms with Crippen LogP contribution in [0.3, 0.4) is 0 Å². The van der Waals surface area contributed by atoms with E-state index in [4.69, 9.17) is 24.7 Å². The van der Waals surface area contributed by atoms with Gasteiger partial charge in [0.1, 0.15) is 36.0 Å². The number of carbonyl (C=O) groups is 6. The van der Waals surface area contributed by atoms with Gasteiger partial charge in [0.25, 0.3) is 0 Å². The highest BCUT2D eigenvalue weighted by atomic mass is 16.6. The summed E-state index contributed by atoms with van der Waals surface area (Å²) < 4.78 is 23.6. The van der Waals surface area contributed by atoms with Gasteiger partial charge in [-0.15, -0.1) is 0 Å². The van der Waals surface area contributed by atoms with Gasteiger partial charge in [-0.1, -0.05) is 105 Å². The molecule has 5 aromatic rings. The first-order chi connectivity index (χ1) is 35.9. The van der Waals surface area contributed by atoms with E-state index >= 15 is 19.2 Å². The Morgan fingerprint density at radius 1 is 0.865 bits per heavy atom. The number of anilines is 3. The predicted octanol–water partition coefficient (Wildman–Crippen LogP) is 5.13. The number of esters is 2. The van der Waals surface area contributed by atoms with E-state index in [1.807, 2.05) is 77.7 Å². The number of cyclic esters (lactones) is 1. The van der Waals surface area contributed by atoms with Crippen molar-refractivity contribution in [3.05, 3.63) is 155 Å². The van der Waals surface area contributed by atoms with Gasteiger partial charge in [-0.2, -0.15) is 0 Å². The molecule has 4 heterocycles. The van der Waals surface area contributed by atoms with Crippen LogP contribution in [-0.4, -0.2) is 111 Å². The maximum Gasteiger partial charge on any atom is 0.329 e. The number of aliphatic hydroxyl groups excluding tert-OH is 1. The molecule has 18 heteroatoms. The lowest BCUT2D eigenvalue weighted by molar-refractivity contribution is -0.178. The molecule has 0 aromatic heterocycles. The Kier molecular flexibility index (Phi) is 15.0. The molecule has 0 radical (unpaired) electrons. The highest BCUT2D eigenvalue weighted by Gasteiger charge is 2.76. The molecule has 3 saturated heterocycles. The number of amides is 6. The Morgan fingerprint density at radius 3 is 2.20 bits per heavy atom. The minimum atomic E-state index is -2.24. The van der Waals surface area contributed by atoms with Crippen molar-refractivity contribution in [2.75, 3.05) is 68.3 Å². The van der Waals surface area contributed by atoms with Crippen LogP contribution in [0.25, 0.3) is 0 Å². The maximum atomic E-state index is 16.8. The number of urea groups is 2. The molecule has 0 saturated carbocycles. The summed E-state index contributed by atoms with van der Waals surface area (Å²) in [4.78, 5) is 93.6. The second kappa shape index (κ2) is 21.9. The average molecular weight is 1000 g/mol. The zero-order valence-corrected chi connectivity index (χ0v) is 41.1. The van der Waals surface area contributed by atoms with Crippen LogP contribution in [0, 0.1) is 23.7 Å². The van der Waals surface area contributed by atoms with Crippen molar-refractivity contribution in [3.63, 3.8) is 0 Å². The van der Waals surface area contributed by atoms with E-state index in [2.05, 4.69) is 32.7 Å². The van der Waals surface area contributed by atoms with E-state index in [9.17, 15) is 14.7 Å². The number of nitrogens with zero attached hydrogens (tertiary/aromatic N) is 3. The zero-order chi connectivity index (χ0) is 52.1. The van der Waals surface area contributed by atoms with Gasteiger partial charge in [0, 0.05) is 35.6 Å². The van der Waals surface area contributed by atoms with Crippen molar-refractivity contribution < 1.29 is 52.8 Å². The summed E-state index contributed by atoms with van der Waals surface area (Å²) in [5.41, 5.74) is 6.50. The van der Waals surface area contributed by atoms with Crippen molar-refractivity contribution in [2.24, 2.45) is 17.6 Å².